The number of ether oxygens (including phenoxy) is 2. The van der Waals surface area contributed by atoms with E-state index in [9.17, 15) is 22.8 Å². The Hall–Kier alpha value is -3.22. The molecule has 4 aliphatic rings. The highest BCUT2D eigenvalue weighted by atomic mass is 19.4. The Morgan fingerprint density at radius 1 is 1.16 bits per heavy atom. The lowest BCUT2D eigenvalue weighted by molar-refractivity contribution is -0.139. The van der Waals surface area contributed by atoms with Gasteiger partial charge in [-0.15, -0.1) is 0 Å². The third kappa shape index (κ3) is 6.23. The molecule has 1 saturated carbocycles. The Bertz CT molecular complexity index is 1330. The number of halogens is 3. The first-order valence-electron chi connectivity index (χ1n) is 15.0. The number of benzene rings is 1. The average molecular weight is 602 g/mol. The lowest BCUT2D eigenvalue weighted by atomic mass is 9.75. The van der Waals surface area contributed by atoms with Crippen LogP contribution in [-0.4, -0.2) is 84.9 Å². The molecule has 0 bridgehead atoms. The summed E-state index contributed by atoms with van der Waals surface area (Å²) in [4.78, 5) is 35.1. The number of amides is 3. The van der Waals surface area contributed by atoms with E-state index in [1.165, 1.54) is 0 Å². The highest BCUT2D eigenvalue weighted by Gasteiger charge is 2.56. The molecule has 12 heteroatoms. The van der Waals surface area contributed by atoms with Crippen molar-refractivity contribution in [2.75, 3.05) is 45.3 Å². The van der Waals surface area contributed by atoms with E-state index in [0.29, 0.717) is 49.7 Å². The second-order valence-corrected chi connectivity index (χ2v) is 12.3. The number of nitrogens with zero attached hydrogens (tertiary/aromatic N) is 3. The number of carbonyl (C=O) groups is 2. The van der Waals surface area contributed by atoms with Crippen LogP contribution >= 0.6 is 0 Å². The van der Waals surface area contributed by atoms with Gasteiger partial charge in [-0.25, -0.2) is 4.79 Å². The molecule has 1 spiro atoms. The van der Waals surface area contributed by atoms with Crippen LogP contribution in [0.15, 0.2) is 42.6 Å². The van der Waals surface area contributed by atoms with Crippen molar-refractivity contribution in [3.05, 3.63) is 59.4 Å². The van der Waals surface area contributed by atoms with Gasteiger partial charge in [0, 0.05) is 81.4 Å². The molecule has 2 N–H and O–H groups in total. The van der Waals surface area contributed by atoms with Crippen LogP contribution in [0.5, 0.6) is 0 Å². The first-order valence-corrected chi connectivity index (χ1v) is 15.0. The maximum absolute atomic E-state index is 14.2. The van der Waals surface area contributed by atoms with Gasteiger partial charge in [-0.05, 0) is 49.4 Å². The Balaban J connectivity index is 1.22. The normalized spacial score (nSPS) is 29.1. The quantitative estimate of drug-likeness (QED) is 0.537. The molecular weight excluding hydrogens is 563 g/mol. The minimum absolute atomic E-state index is 0.0527. The second kappa shape index (κ2) is 12.0. The minimum Gasteiger partial charge on any atom is -0.379 e. The fourth-order valence-electron chi connectivity index (χ4n) is 7.37. The topological polar surface area (TPSA) is 96.0 Å². The summed E-state index contributed by atoms with van der Waals surface area (Å²) >= 11 is 0. The number of likely N-dealkylation sites (tertiary alicyclic amines) is 1. The number of rotatable bonds is 5. The summed E-state index contributed by atoms with van der Waals surface area (Å²) < 4.78 is 51.4. The van der Waals surface area contributed by atoms with Crippen molar-refractivity contribution in [2.24, 2.45) is 11.3 Å². The van der Waals surface area contributed by atoms with Crippen molar-refractivity contribution in [1.82, 2.24) is 20.1 Å². The molecule has 0 radical (unpaired) electrons. The molecule has 3 fully saturated rings. The van der Waals surface area contributed by atoms with Crippen molar-refractivity contribution < 1.29 is 32.2 Å². The van der Waals surface area contributed by atoms with E-state index < -0.39 is 23.1 Å². The highest BCUT2D eigenvalue weighted by Crippen LogP contribution is 2.50. The molecule has 5 unspecified atom stereocenters. The van der Waals surface area contributed by atoms with Gasteiger partial charge in [0.2, 0.25) is 5.91 Å². The number of nitrogens with one attached hydrogen (secondary N) is 2. The van der Waals surface area contributed by atoms with Gasteiger partial charge < -0.3 is 29.9 Å². The Morgan fingerprint density at radius 2 is 1.98 bits per heavy atom. The Kier molecular flexibility index (Phi) is 8.36. The molecule has 1 aromatic carbocycles. The van der Waals surface area contributed by atoms with E-state index in [1.54, 1.807) is 16.9 Å². The van der Waals surface area contributed by atoms with Gasteiger partial charge in [0.1, 0.15) is 0 Å². The van der Waals surface area contributed by atoms with Gasteiger partial charge in [0.25, 0.3) is 0 Å². The van der Waals surface area contributed by atoms with E-state index in [1.807, 2.05) is 30.3 Å². The summed E-state index contributed by atoms with van der Waals surface area (Å²) in [5.41, 5.74) is 0.442. The summed E-state index contributed by atoms with van der Waals surface area (Å²) in [5.74, 6) is -0.575. The van der Waals surface area contributed by atoms with Crippen LogP contribution in [0.4, 0.5) is 23.7 Å². The first kappa shape index (κ1) is 29.8. The number of urea groups is 1. The SMILES string of the molecule is COC1COCCC1NC1CCC2(C1)CN(C(=O)Nc1ccccc1)CC2C(=O)N1CCc2ncc(C(F)(F)F)cc2C1. The zero-order valence-corrected chi connectivity index (χ0v) is 24.2. The van der Waals surface area contributed by atoms with Crippen LogP contribution in [0.25, 0.3) is 0 Å². The number of anilines is 1. The van der Waals surface area contributed by atoms with Crippen LogP contribution in [0.2, 0.25) is 0 Å². The number of alkyl halides is 3. The molecule has 3 aliphatic heterocycles. The number of aromatic nitrogens is 1. The molecule has 1 aliphatic carbocycles. The third-order valence-electron chi connectivity index (χ3n) is 9.64. The average Bonchev–Trinajstić information content (AvgIpc) is 3.59. The van der Waals surface area contributed by atoms with E-state index in [-0.39, 0.29) is 43.2 Å². The summed E-state index contributed by atoms with van der Waals surface area (Å²) in [6, 6.07) is 10.3. The molecule has 4 heterocycles. The number of pyridine rings is 1. The van der Waals surface area contributed by atoms with Gasteiger partial charge >= 0.3 is 12.2 Å². The van der Waals surface area contributed by atoms with E-state index in [0.717, 1.165) is 37.9 Å². The van der Waals surface area contributed by atoms with Crippen LogP contribution in [0.1, 0.15) is 42.5 Å². The molecule has 2 saturated heterocycles. The summed E-state index contributed by atoms with van der Waals surface area (Å²) in [7, 11) is 1.68. The monoisotopic (exact) mass is 601 g/mol. The van der Waals surface area contributed by atoms with E-state index >= 15 is 0 Å². The number of hydrogen-bond donors (Lipinski definition) is 2. The molecule has 9 nitrogen and oxygen atoms in total. The van der Waals surface area contributed by atoms with Crippen LogP contribution in [0, 0.1) is 11.3 Å². The summed E-state index contributed by atoms with van der Waals surface area (Å²) in [6.07, 6.45) is -0.132. The predicted octanol–water partition coefficient (Wildman–Crippen LogP) is 4.08. The fourth-order valence-corrected chi connectivity index (χ4v) is 7.37. The maximum Gasteiger partial charge on any atom is 0.417 e. The molecule has 2 aromatic rings. The number of fused-ring (bicyclic) bond motifs is 1. The standard InChI is InChI=1S/C31H38F3N5O4/c1-42-27-18-43-12-9-26(27)36-23-7-10-30(14-23)19-39(29(41)37-22-5-3-2-4-6-22)17-24(30)28(40)38-11-8-25-20(16-38)13-21(15-35-25)31(32,33)34/h2-6,13,15,23-24,26-27,36H,7-12,14,16-19H2,1H3,(H,37,41). The summed E-state index contributed by atoms with van der Waals surface area (Å²) in [5, 5.41) is 6.72. The molecular formula is C31H38F3N5O4. The maximum atomic E-state index is 14.2. The first-order chi connectivity index (χ1) is 20.6. The fraction of sp³-hybridized carbons (Fsp3) is 0.581. The van der Waals surface area contributed by atoms with Crippen molar-refractivity contribution in [3.8, 4) is 0 Å². The third-order valence-corrected chi connectivity index (χ3v) is 9.64. The van der Waals surface area contributed by atoms with Gasteiger partial charge in [0.05, 0.1) is 24.2 Å². The van der Waals surface area contributed by atoms with Gasteiger partial charge in [-0.1, -0.05) is 18.2 Å². The number of hydrogen-bond acceptors (Lipinski definition) is 6. The number of methoxy groups -OCH3 is 1. The van der Waals surface area contributed by atoms with Gasteiger partial charge in [-0.2, -0.15) is 13.2 Å². The lowest BCUT2D eigenvalue weighted by Crippen LogP contribution is -2.51. The highest BCUT2D eigenvalue weighted by molar-refractivity contribution is 5.91. The van der Waals surface area contributed by atoms with Gasteiger partial charge in [-0.3, -0.25) is 9.78 Å². The van der Waals surface area contributed by atoms with Gasteiger partial charge in [0.15, 0.2) is 0 Å². The molecule has 5 atom stereocenters. The molecule has 232 valence electrons. The second-order valence-electron chi connectivity index (χ2n) is 12.3. The lowest BCUT2D eigenvalue weighted by Gasteiger charge is -2.36. The smallest absolute Gasteiger partial charge is 0.379 e. The molecule has 43 heavy (non-hydrogen) atoms. The van der Waals surface area contributed by atoms with Crippen LogP contribution in [0.3, 0.4) is 0 Å². The van der Waals surface area contributed by atoms with Crippen LogP contribution < -0.4 is 10.6 Å². The number of carbonyl (C=O) groups excluding carboxylic acids is 2. The van der Waals surface area contributed by atoms with Crippen LogP contribution in [-0.2, 0) is 33.4 Å². The largest absolute Gasteiger partial charge is 0.417 e. The van der Waals surface area contributed by atoms with Crippen molar-refractivity contribution in [1.29, 1.82) is 0 Å². The predicted molar refractivity (Wildman–Crippen MR) is 152 cm³/mol. The minimum atomic E-state index is -4.51. The molecule has 1 aromatic heterocycles. The molecule has 3 amide bonds. The van der Waals surface area contributed by atoms with E-state index in [2.05, 4.69) is 15.6 Å². The van der Waals surface area contributed by atoms with Crippen molar-refractivity contribution in [3.63, 3.8) is 0 Å². The van der Waals surface area contributed by atoms with Crippen molar-refractivity contribution in [2.45, 2.75) is 63.0 Å². The van der Waals surface area contributed by atoms with E-state index in [4.69, 9.17) is 9.47 Å². The number of para-hydroxylation sites is 1. The van der Waals surface area contributed by atoms with Crippen molar-refractivity contribution >= 4 is 17.6 Å². The Morgan fingerprint density at radius 3 is 2.74 bits per heavy atom. The Labute approximate surface area is 249 Å². The molecule has 6 rings (SSSR count). The summed E-state index contributed by atoms with van der Waals surface area (Å²) in [6.45, 7) is 2.34. The zero-order valence-electron chi connectivity index (χ0n) is 24.2. The zero-order chi connectivity index (χ0) is 30.2.